The Hall–Kier alpha value is -4.97. The second-order valence-corrected chi connectivity index (χ2v) is 10.0. The number of aromatic nitrogens is 5. The van der Waals surface area contributed by atoms with Crippen molar-refractivity contribution in [2.24, 2.45) is 9.98 Å². The molecule has 0 radical (unpaired) electrons. The molecule has 7 heterocycles. The van der Waals surface area contributed by atoms with Crippen LogP contribution in [-0.4, -0.2) is 98.5 Å². The van der Waals surface area contributed by atoms with Gasteiger partial charge in [-0.05, 0) is 42.5 Å². The number of piperazine rings is 1. The number of hydrogen-bond donors (Lipinski definition) is 3. The number of amidine groups is 1. The summed E-state index contributed by atoms with van der Waals surface area (Å²) in [6.45, 7) is 3.12. The molecule has 12 heteroatoms. The van der Waals surface area contributed by atoms with Gasteiger partial charge in [-0.15, -0.1) is 0 Å². The topological polar surface area (TPSA) is 140 Å². The molecule has 2 unspecified atom stereocenters. The Morgan fingerprint density at radius 3 is 2.73 bits per heavy atom. The van der Waals surface area contributed by atoms with Gasteiger partial charge in [0, 0.05) is 68.3 Å². The van der Waals surface area contributed by atoms with E-state index in [2.05, 4.69) is 52.7 Å². The number of aliphatic imine (C=N–C) groups is 2. The first-order valence-corrected chi connectivity index (χ1v) is 13.1. The minimum Gasteiger partial charge on any atom is -0.345 e. The van der Waals surface area contributed by atoms with Crippen LogP contribution in [0, 0.1) is 0 Å². The molecule has 200 valence electrons. The SMILES string of the molecule is CN1CCN(C(=O)Nc2cncc(-c3cnc4[nH]nc(C5=NC6C(c7cccnc7)=CC=NC6N5)c4c3)c2)CC1. The summed E-state index contributed by atoms with van der Waals surface area (Å²) in [6, 6.07) is 7.56. The number of pyridine rings is 3. The Kier molecular flexibility index (Phi) is 6.00. The number of dihydropyridines is 1. The van der Waals surface area contributed by atoms with Crippen LogP contribution in [-0.2, 0) is 0 Å². The summed E-state index contributed by atoms with van der Waals surface area (Å²) in [5.74, 6) is 0.653. The number of carbonyl (C=O) groups is 1. The Balaban J connectivity index is 1.15. The van der Waals surface area contributed by atoms with Crippen molar-refractivity contribution in [1.82, 2.24) is 40.3 Å². The van der Waals surface area contributed by atoms with Crippen LogP contribution in [0.25, 0.3) is 27.7 Å². The number of anilines is 1. The number of nitrogens with zero attached hydrogens (tertiary/aromatic N) is 8. The summed E-state index contributed by atoms with van der Waals surface area (Å²) in [4.78, 5) is 39.6. The molecule has 1 saturated heterocycles. The zero-order valence-electron chi connectivity index (χ0n) is 21.8. The van der Waals surface area contributed by atoms with Crippen molar-refractivity contribution in [1.29, 1.82) is 0 Å². The number of urea groups is 1. The third-order valence-electron chi connectivity index (χ3n) is 7.42. The maximum absolute atomic E-state index is 12.8. The van der Waals surface area contributed by atoms with Gasteiger partial charge in [-0.2, -0.15) is 5.10 Å². The lowest BCUT2D eigenvalue weighted by molar-refractivity contribution is 0.164. The first-order valence-electron chi connectivity index (χ1n) is 13.1. The highest BCUT2D eigenvalue weighted by atomic mass is 16.2. The summed E-state index contributed by atoms with van der Waals surface area (Å²) in [6.07, 6.45) is 12.3. The standard InChI is InChI=1S/C28H27N11O/c1-38-7-9-39(10-8-38)28(40)33-20-11-18(14-30-16-20)19-12-22-24(36-37-25(22)32-15-19)27-34-23-21(4-6-31-26(23)35-27)17-3-2-5-29-13-17/h2-6,11-16,23,26H,7-10H2,1H3,(H,33,40)(H,34,35)(H,32,36,37). The van der Waals surface area contributed by atoms with Crippen LogP contribution in [0.1, 0.15) is 11.3 Å². The maximum Gasteiger partial charge on any atom is 0.321 e. The molecule has 7 rings (SSSR count). The zero-order chi connectivity index (χ0) is 27.1. The molecule has 0 aliphatic carbocycles. The highest BCUT2D eigenvalue weighted by Gasteiger charge is 2.35. The predicted octanol–water partition coefficient (Wildman–Crippen LogP) is 2.41. The summed E-state index contributed by atoms with van der Waals surface area (Å²) >= 11 is 0. The number of amides is 2. The monoisotopic (exact) mass is 533 g/mol. The van der Waals surface area contributed by atoms with E-state index in [0.29, 0.717) is 36.0 Å². The zero-order valence-corrected chi connectivity index (χ0v) is 21.8. The van der Waals surface area contributed by atoms with Crippen molar-refractivity contribution in [3.05, 3.63) is 72.6 Å². The van der Waals surface area contributed by atoms with Gasteiger partial charge in [-0.25, -0.2) is 9.78 Å². The Morgan fingerprint density at radius 2 is 1.88 bits per heavy atom. The second-order valence-electron chi connectivity index (χ2n) is 10.0. The van der Waals surface area contributed by atoms with Crippen LogP contribution in [0.2, 0.25) is 0 Å². The molecular weight excluding hydrogens is 506 g/mol. The molecular formula is C28H27N11O. The number of allylic oxidation sites excluding steroid dienone is 1. The largest absolute Gasteiger partial charge is 0.345 e. The van der Waals surface area contributed by atoms with Crippen LogP contribution in [0.5, 0.6) is 0 Å². The van der Waals surface area contributed by atoms with E-state index in [1.54, 1.807) is 31.0 Å². The third kappa shape index (κ3) is 4.47. The quantitative estimate of drug-likeness (QED) is 0.366. The molecule has 0 bridgehead atoms. The number of fused-ring (bicyclic) bond motifs is 2. The molecule has 1 fully saturated rings. The average molecular weight is 534 g/mol. The Labute approximate surface area is 230 Å². The molecule has 2 atom stereocenters. The molecule has 40 heavy (non-hydrogen) atoms. The smallest absolute Gasteiger partial charge is 0.321 e. The van der Waals surface area contributed by atoms with E-state index in [1.165, 1.54) is 0 Å². The van der Waals surface area contributed by atoms with Crippen molar-refractivity contribution in [2.45, 2.75) is 12.2 Å². The van der Waals surface area contributed by atoms with Crippen LogP contribution in [0.15, 0.2) is 71.3 Å². The predicted molar refractivity (Wildman–Crippen MR) is 153 cm³/mol. The van der Waals surface area contributed by atoms with E-state index in [9.17, 15) is 4.79 Å². The number of nitrogens with one attached hydrogen (secondary N) is 3. The van der Waals surface area contributed by atoms with Gasteiger partial charge in [0.1, 0.15) is 17.9 Å². The summed E-state index contributed by atoms with van der Waals surface area (Å²) in [5.41, 5.74) is 5.70. The number of hydrogen-bond acceptors (Lipinski definition) is 9. The molecule has 4 aromatic rings. The van der Waals surface area contributed by atoms with Crippen molar-refractivity contribution >= 4 is 40.4 Å². The molecule has 0 saturated carbocycles. The van der Waals surface area contributed by atoms with Gasteiger partial charge in [0.05, 0.1) is 17.3 Å². The lowest BCUT2D eigenvalue weighted by Gasteiger charge is -2.32. The number of rotatable bonds is 4. The highest BCUT2D eigenvalue weighted by Crippen LogP contribution is 2.31. The van der Waals surface area contributed by atoms with Crippen molar-refractivity contribution < 1.29 is 4.79 Å². The van der Waals surface area contributed by atoms with Gasteiger partial charge < -0.3 is 20.4 Å². The lowest BCUT2D eigenvalue weighted by atomic mass is 9.97. The molecule has 3 N–H and O–H groups in total. The van der Waals surface area contributed by atoms with Gasteiger partial charge in [-0.3, -0.25) is 25.1 Å². The fourth-order valence-corrected chi connectivity index (χ4v) is 5.19. The number of likely N-dealkylation sites (N-methyl/N-ethyl adjacent to an activating group) is 1. The first-order chi connectivity index (χ1) is 19.6. The fourth-order valence-electron chi connectivity index (χ4n) is 5.19. The maximum atomic E-state index is 12.8. The average Bonchev–Trinajstić information content (AvgIpc) is 3.62. The molecule has 3 aliphatic heterocycles. The first kappa shape index (κ1) is 24.1. The second kappa shape index (κ2) is 9.97. The molecule has 4 aromatic heterocycles. The van der Waals surface area contributed by atoms with Gasteiger partial charge in [0.15, 0.2) is 11.5 Å². The lowest BCUT2D eigenvalue weighted by Crippen LogP contribution is -2.48. The molecule has 0 aromatic carbocycles. The minimum absolute atomic E-state index is 0.119. The van der Waals surface area contributed by atoms with E-state index in [0.717, 1.165) is 40.7 Å². The van der Waals surface area contributed by atoms with Gasteiger partial charge >= 0.3 is 6.03 Å². The minimum atomic E-state index is -0.220. The van der Waals surface area contributed by atoms with Crippen LogP contribution < -0.4 is 10.6 Å². The van der Waals surface area contributed by atoms with Gasteiger partial charge in [-0.1, -0.05) is 6.07 Å². The number of H-pyrrole nitrogens is 1. The molecule has 3 aliphatic rings. The number of aromatic amines is 1. The Bertz CT molecular complexity index is 1670. The van der Waals surface area contributed by atoms with Crippen molar-refractivity contribution in [3.63, 3.8) is 0 Å². The van der Waals surface area contributed by atoms with Crippen molar-refractivity contribution in [3.8, 4) is 11.1 Å². The molecule has 12 nitrogen and oxygen atoms in total. The molecule has 0 spiro atoms. The normalized spacial score (nSPS) is 20.6. The van der Waals surface area contributed by atoms with E-state index in [1.807, 2.05) is 41.4 Å². The van der Waals surface area contributed by atoms with E-state index < -0.39 is 0 Å². The number of carbonyl (C=O) groups excluding carboxylic acids is 1. The van der Waals surface area contributed by atoms with E-state index in [4.69, 9.17) is 4.99 Å². The van der Waals surface area contributed by atoms with Gasteiger partial charge in [0.25, 0.3) is 0 Å². The third-order valence-corrected chi connectivity index (χ3v) is 7.42. The van der Waals surface area contributed by atoms with Crippen molar-refractivity contribution in [2.75, 3.05) is 38.5 Å². The van der Waals surface area contributed by atoms with E-state index >= 15 is 0 Å². The van der Waals surface area contributed by atoms with Crippen LogP contribution in [0.3, 0.4) is 0 Å². The van der Waals surface area contributed by atoms with Crippen LogP contribution >= 0.6 is 0 Å². The summed E-state index contributed by atoms with van der Waals surface area (Å²) in [7, 11) is 2.06. The highest BCUT2D eigenvalue weighted by molar-refractivity contribution is 6.10. The molecule has 2 amide bonds. The summed E-state index contributed by atoms with van der Waals surface area (Å²) in [5, 5.41) is 14.8. The van der Waals surface area contributed by atoms with E-state index in [-0.39, 0.29) is 18.2 Å². The fraction of sp³-hybridized carbons (Fsp3) is 0.250. The Morgan fingerprint density at radius 1 is 1.02 bits per heavy atom. The van der Waals surface area contributed by atoms with Gasteiger partial charge in [0.2, 0.25) is 0 Å². The summed E-state index contributed by atoms with van der Waals surface area (Å²) < 4.78 is 0. The van der Waals surface area contributed by atoms with Crippen LogP contribution in [0.4, 0.5) is 10.5 Å².